The highest BCUT2D eigenvalue weighted by molar-refractivity contribution is 7.98. The number of ketones is 1. The molecule has 16 heavy (non-hydrogen) atoms. The standard InChI is InChI=1S/C11H12F2O2S/c1-3-8(14)7-4-5-10(16-2)9(6-7)15-11(12)13/h4-6,11H,3H2,1-2H3. The summed E-state index contributed by atoms with van der Waals surface area (Å²) in [7, 11) is 0. The van der Waals surface area contributed by atoms with Gasteiger partial charge < -0.3 is 4.74 Å². The number of ether oxygens (including phenoxy) is 1. The molecule has 0 aliphatic carbocycles. The minimum absolute atomic E-state index is 0.0572. The van der Waals surface area contributed by atoms with E-state index in [2.05, 4.69) is 4.74 Å². The van der Waals surface area contributed by atoms with E-state index >= 15 is 0 Å². The molecule has 0 heterocycles. The molecule has 0 atom stereocenters. The molecule has 88 valence electrons. The molecule has 0 amide bonds. The summed E-state index contributed by atoms with van der Waals surface area (Å²) in [6, 6.07) is 4.60. The fourth-order valence-electron chi connectivity index (χ4n) is 1.24. The second-order valence-electron chi connectivity index (χ2n) is 3.02. The molecule has 0 saturated heterocycles. The van der Waals surface area contributed by atoms with Crippen LogP contribution in [-0.2, 0) is 0 Å². The zero-order chi connectivity index (χ0) is 12.1. The lowest BCUT2D eigenvalue weighted by atomic mass is 10.1. The molecule has 1 rings (SSSR count). The van der Waals surface area contributed by atoms with Crippen LogP contribution in [-0.4, -0.2) is 18.7 Å². The molecule has 2 nitrogen and oxygen atoms in total. The van der Waals surface area contributed by atoms with Gasteiger partial charge in [0, 0.05) is 16.9 Å². The van der Waals surface area contributed by atoms with Crippen LogP contribution in [0.15, 0.2) is 23.1 Å². The molecular weight excluding hydrogens is 234 g/mol. The van der Waals surface area contributed by atoms with Crippen LogP contribution in [0.1, 0.15) is 23.7 Å². The van der Waals surface area contributed by atoms with Crippen LogP contribution in [0.3, 0.4) is 0 Å². The van der Waals surface area contributed by atoms with E-state index in [1.165, 1.54) is 17.8 Å². The molecule has 0 fully saturated rings. The van der Waals surface area contributed by atoms with Crippen LogP contribution in [0, 0.1) is 0 Å². The monoisotopic (exact) mass is 246 g/mol. The van der Waals surface area contributed by atoms with Crippen molar-refractivity contribution in [2.75, 3.05) is 6.26 Å². The third-order valence-electron chi connectivity index (χ3n) is 2.02. The van der Waals surface area contributed by atoms with Crippen molar-refractivity contribution in [1.82, 2.24) is 0 Å². The third-order valence-corrected chi connectivity index (χ3v) is 2.80. The number of hydrogen-bond acceptors (Lipinski definition) is 3. The Kier molecular flexibility index (Phi) is 4.73. The van der Waals surface area contributed by atoms with Gasteiger partial charge in [-0.05, 0) is 18.4 Å². The largest absolute Gasteiger partial charge is 0.434 e. The summed E-state index contributed by atoms with van der Waals surface area (Å²) in [6.07, 6.45) is 2.10. The molecule has 0 bridgehead atoms. The minimum Gasteiger partial charge on any atom is -0.434 e. The Balaban J connectivity index is 3.05. The highest BCUT2D eigenvalue weighted by Crippen LogP contribution is 2.30. The number of hydrogen-bond donors (Lipinski definition) is 0. The topological polar surface area (TPSA) is 26.3 Å². The van der Waals surface area contributed by atoms with Crippen molar-refractivity contribution in [2.45, 2.75) is 24.9 Å². The molecule has 0 aliphatic rings. The van der Waals surface area contributed by atoms with Crippen molar-refractivity contribution in [3.05, 3.63) is 23.8 Å². The van der Waals surface area contributed by atoms with Gasteiger partial charge in [0.15, 0.2) is 5.78 Å². The van der Waals surface area contributed by atoms with Crippen LogP contribution in [0.5, 0.6) is 5.75 Å². The van der Waals surface area contributed by atoms with Gasteiger partial charge >= 0.3 is 6.61 Å². The lowest BCUT2D eigenvalue weighted by Gasteiger charge is -2.10. The number of carbonyl (C=O) groups is 1. The summed E-state index contributed by atoms with van der Waals surface area (Å²) >= 11 is 1.30. The van der Waals surface area contributed by atoms with Crippen molar-refractivity contribution < 1.29 is 18.3 Å². The average molecular weight is 246 g/mol. The van der Waals surface area contributed by atoms with Crippen molar-refractivity contribution in [1.29, 1.82) is 0 Å². The molecular formula is C11H12F2O2S. The van der Waals surface area contributed by atoms with Crippen molar-refractivity contribution in [3.63, 3.8) is 0 Å². The number of Topliss-reactive ketones (excluding diaryl/α,β-unsaturated/α-hetero) is 1. The summed E-state index contributed by atoms with van der Waals surface area (Å²) in [5, 5.41) is 0. The lowest BCUT2D eigenvalue weighted by Crippen LogP contribution is -2.05. The van der Waals surface area contributed by atoms with Crippen LogP contribution >= 0.6 is 11.8 Å². The normalized spacial score (nSPS) is 10.6. The maximum atomic E-state index is 12.1. The Morgan fingerprint density at radius 2 is 2.19 bits per heavy atom. The van der Waals surface area contributed by atoms with Crippen molar-refractivity contribution >= 4 is 17.5 Å². The van der Waals surface area contributed by atoms with E-state index in [9.17, 15) is 13.6 Å². The number of rotatable bonds is 5. The van der Waals surface area contributed by atoms with Crippen molar-refractivity contribution in [2.24, 2.45) is 0 Å². The Bertz CT molecular complexity index is 380. The quantitative estimate of drug-likeness (QED) is 0.586. The summed E-state index contributed by atoms with van der Waals surface area (Å²) in [6.45, 7) is -1.16. The van der Waals surface area contributed by atoms with Crippen LogP contribution in [0.4, 0.5) is 8.78 Å². The molecule has 0 N–H and O–H groups in total. The van der Waals surface area contributed by atoms with E-state index in [4.69, 9.17) is 0 Å². The van der Waals surface area contributed by atoms with Gasteiger partial charge in [-0.1, -0.05) is 13.0 Å². The molecule has 0 saturated carbocycles. The summed E-state index contributed by atoms with van der Waals surface area (Å²) < 4.78 is 28.6. The van der Waals surface area contributed by atoms with E-state index in [0.717, 1.165) is 0 Å². The highest BCUT2D eigenvalue weighted by Gasteiger charge is 2.12. The zero-order valence-corrected chi connectivity index (χ0v) is 9.81. The van der Waals surface area contributed by atoms with E-state index in [-0.39, 0.29) is 11.5 Å². The van der Waals surface area contributed by atoms with E-state index < -0.39 is 6.61 Å². The van der Waals surface area contributed by atoms with Gasteiger partial charge in [0.25, 0.3) is 0 Å². The highest BCUT2D eigenvalue weighted by atomic mass is 32.2. The summed E-state index contributed by atoms with van der Waals surface area (Å²) in [4.78, 5) is 12.0. The average Bonchev–Trinajstić information content (AvgIpc) is 2.27. The fraction of sp³-hybridized carbons (Fsp3) is 0.364. The van der Waals surface area contributed by atoms with Gasteiger partial charge in [0.2, 0.25) is 0 Å². The van der Waals surface area contributed by atoms with Crippen molar-refractivity contribution in [3.8, 4) is 5.75 Å². The van der Waals surface area contributed by atoms with Crippen LogP contribution < -0.4 is 4.74 Å². The first kappa shape index (κ1) is 13.0. The minimum atomic E-state index is -2.88. The second kappa shape index (κ2) is 5.84. The van der Waals surface area contributed by atoms with Gasteiger partial charge in [0.05, 0.1) is 0 Å². The van der Waals surface area contributed by atoms with Gasteiger partial charge in [-0.15, -0.1) is 11.8 Å². The first-order valence-corrected chi connectivity index (χ1v) is 5.97. The molecule has 1 aromatic carbocycles. The fourth-order valence-corrected chi connectivity index (χ4v) is 1.75. The van der Waals surface area contributed by atoms with Gasteiger partial charge in [-0.2, -0.15) is 8.78 Å². The first-order valence-electron chi connectivity index (χ1n) is 4.74. The number of thioether (sulfide) groups is 1. The number of benzene rings is 1. The number of carbonyl (C=O) groups excluding carboxylic acids is 1. The maximum absolute atomic E-state index is 12.1. The summed E-state index contributed by atoms with van der Waals surface area (Å²) in [5.41, 5.74) is 0.399. The molecule has 1 aromatic rings. The Morgan fingerprint density at radius 3 is 2.69 bits per heavy atom. The smallest absolute Gasteiger partial charge is 0.387 e. The van der Waals surface area contributed by atoms with Crippen LogP contribution in [0.2, 0.25) is 0 Å². The summed E-state index contributed by atoms with van der Waals surface area (Å²) in [5.74, 6) is -0.0337. The SMILES string of the molecule is CCC(=O)c1ccc(SC)c(OC(F)F)c1. The maximum Gasteiger partial charge on any atom is 0.387 e. The van der Waals surface area contributed by atoms with Gasteiger partial charge in [0.1, 0.15) is 5.75 Å². The Morgan fingerprint density at radius 1 is 1.50 bits per heavy atom. The lowest BCUT2D eigenvalue weighted by molar-refractivity contribution is -0.0517. The molecule has 0 aliphatic heterocycles. The van der Waals surface area contributed by atoms with E-state index in [1.807, 2.05) is 0 Å². The predicted octanol–water partition coefficient (Wildman–Crippen LogP) is 3.60. The van der Waals surface area contributed by atoms with E-state index in [1.54, 1.807) is 25.3 Å². The molecule has 0 spiro atoms. The van der Waals surface area contributed by atoms with Gasteiger partial charge in [-0.25, -0.2) is 0 Å². The molecule has 0 unspecified atom stereocenters. The van der Waals surface area contributed by atoms with Gasteiger partial charge in [-0.3, -0.25) is 4.79 Å². The number of alkyl halides is 2. The predicted molar refractivity (Wildman–Crippen MR) is 59.5 cm³/mol. The molecule has 0 radical (unpaired) electrons. The Labute approximate surface area is 97.0 Å². The molecule has 0 aromatic heterocycles. The molecule has 5 heteroatoms. The Hall–Kier alpha value is -1.10. The van der Waals surface area contributed by atoms with E-state index in [0.29, 0.717) is 16.9 Å². The third kappa shape index (κ3) is 3.20. The zero-order valence-electron chi connectivity index (χ0n) is 9.00. The first-order chi connectivity index (χ1) is 7.58. The number of halogens is 2. The second-order valence-corrected chi connectivity index (χ2v) is 3.87. The van der Waals surface area contributed by atoms with Crippen LogP contribution in [0.25, 0.3) is 0 Å².